The number of rotatable bonds is 7. The molecule has 1 heterocycles. The van der Waals surface area contributed by atoms with E-state index in [0.717, 1.165) is 28.5 Å². The number of aromatic nitrogens is 1. The van der Waals surface area contributed by atoms with Gasteiger partial charge in [-0.05, 0) is 47.9 Å². The molecule has 7 nitrogen and oxygen atoms in total. The molecule has 0 aliphatic heterocycles. The third-order valence-electron chi connectivity index (χ3n) is 4.80. The van der Waals surface area contributed by atoms with Crippen LogP contribution in [0.25, 0.3) is 10.9 Å². The van der Waals surface area contributed by atoms with E-state index >= 15 is 0 Å². The van der Waals surface area contributed by atoms with Crippen molar-refractivity contribution in [3.05, 3.63) is 65.6 Å². The Bertz CT molecular complexity index is 1140. The van der Waals surface area contributed by atoms with Crippen molar-refractivity contribution in [2.24, 2.45) is 4.99 Å². The number of aliphatic imine (C=N–C) groups is 1. The summed E-state index contributed by atoms with van der Waals surface area (Å²) in [7, 11) is 1.28. The highest BCUT2D eigenvalue weighted by Gasteiger charge is 2.16. The van der Waals surface area contributed by atoms with E-state index in [-0.39, 0.29) is 10.7 Å². The predicted octanol–water partition coefficient (Wildman–Crippen LogP) is 2.47. The Morgan fingerprint density at radius 3 is 2.53 bits per heavy atom. The second kappa shape index (κ2) is 9.27. The summed E-state index contributed by atoms with van der Waals surface area (Å²) in [6.45, 7) is 1.17. The van der Waals surface area contributed by atoms with Crippen LogP contribution >= 0.6 is 0 Å². The van der Waals surface area contributed by atoms with Crippen LogP contribution in [0.1, 0.15) is 11.1 Å². The summed E-state index contributed by atoms with van der Waals surface area (Å²) in [5.41, 5.74) is 2.83. The van der Waals surface area contributed by atoms with Crippen molar-refractivity contribution >= 4 is 26.9 Å². The first-order chi connectivity index (χ1) is 14.3. The van der Waals surface area contributed by atoms with Crippen molar-refractivity contribution in [1.29, 1.82) is 0 Å². The van der Waals surface area contributed by atoms with E-state index in [9.17, 15) is 12.8 Å². The first kappa shape index (κ1) is 21.8. The van der Waals surface area contributed by atoms with E-state index in [1.807, 2.05) is 6.20 Å². The van der Waals surface area contributed by atoms with E-state index in [0.29, 0.717) is 19.0 Å². The minimum absolute atomic E-state index is 0.258. The molecule has 0 saturated heterocycles. The number of H-pyrrole nitrogens is 1. The van der Waals surface area contributed by atoms with Crippen molar-refractivity contribution in [3.63, 3.8) is 0 Å². The summed E-state index contributed by atoms with van der Waals surface area (Å²) in [5, 5.41) is 7.47. The van der Waals surface area contributed by atoms with Gasteiger partial charge < -0.3 is 15.6 Å². The summed E-state index contributed by atoms with van der Waals surface area (Å²) in [4.78, 5) is 7.56. The van der Waals surface area contributed by atoms with E-state index < -0.39 is 10.0 Å². The van der Waals surface area contributed by atoms with Gasteiger partial charge in [0.25, 0.3) is 0 Å². The Morgan fingerprint density at radius 2 is 1.87 bits per heavy atom. The fourth-order valence-electron chi connectivity index (χ4n) is 3.08. The number of halogens is 1. The van der Waals surface area contributed by atoms with Crippen LogP contribution in [-0.2, 0) is 23.0 Å². The van der Waals surface area contributed by atoms with E-state index in [2.05, 4.69) is 20.6 Å². The van der Waals surface area contributed by atoms with Crippen LogP contribution in [0.15, 0.2) is 58.5 Å². The van der Waals surface area contributed by atoms with Crippen LogP contribution in [-0.4, -0.2) is 51.4 Å². The van der Waals surface area contributed by atoms with Crippen LogP contribution in [0, 0.1) is 5.82 Å². The second-order valence-corrected chi connectivity index (χ2v) is 9.19. The maximum Gasteiger partial charge on any atom is 0.242 e. The molecule has 0 spiro atoms. The Morgan fingerprint density at radius 1 is 1.13 bits per heavy atom. The van der Waals surface area contributed by atoms with Gasteiger partial charge in [0, 0.05) is 51.3 Å². The van der Waals surface area contributed by atoms with Crippen molar-refractivity contribution in [1.82, 2.24) is 19.9 Å². The summed E-state index contributed by atoms with van der Waals surface area (Å²) < 4.78 is 38.8. The lowest BCUT2D eigenvalue weighted by atomic mass is 10.1. The van der Waals surface area contributed by atoms with Gasteiger partial charge in [-0.25, -0.2) is 17.1 Å². The maximum absolute atomic E-state index is 13.3. The quantitative estimate of drug-likeness (QED) is 0.396. The van der Waals surface area contributed by atoms with E-state index in [1.165, 1.54) is 30.5 Å². The number of sulfonamides is 1. The summed E-state index contributed by atoms with van der Waals surface area (Å²) >= 11 is 0. The first-order valence-electron chi connectivity index (χ1n) is 9.53. The molecule has 0 aliphatic carbocycles. The Labute approximate surface area is 176 Å². The highest BCUT2D eigenvalue weighted by Crippen LogP contribution is 2.19. The van der Waals surface area contributed by atoms with Gasteiger partial charge in [0.1, 0.15) is 5.82 Å². The fraction of sp³-hybridized carbons (Fsp3) is 0.286. The molecule has 0 radical (unpaired) electrons. The molecule has 0 saturated carbocycles. The van der Waals surface area contributed by atoms with Crippen LogP contribution in [0.5, 0.6) is 0 Å². The predicted molar refractivity (Wildman–Crippen MR) is 117 cm³/mol. The van der Waals surface area contributed by atoms with Crippen molar-refractivity contribution in [2.45, 2.75) is 17.9 Å². The van der Waals surface area contributed by atoms with E-state index in [1.54, 1.807) is 37.4 Å². The van der Waals surface area contributed by atoms with Gasteiger partial charge in [-0.3, -0.25) is 4.99 Å². The molecule has 2 aromatic carbocycles. The average Bonchev–Trinajstić information content (AvgIpc) is 3.12. The zero-order chi connectivity index (χ0) is 21.7. The number of hydrogen-bond donors (Lipinski definition) is 3. The number of fused-ring (bicyclic) bond motifs is 1. The Hall–Kier alpha value is -2.91. The normalized spacial score (nSPS) is 12.5. The SMILES string of the molecule is CN=C(NCCc1c[nH]c2cc(F)ccc12)NCc1ccc(S(=O)(=O)N(C)C)cc1. The molecule has 160 valence electrons. The molecular formula is C21H26FN5O2S. The molecule has 3 aromatic rings. The highest BCUT2D eigenvalue weighted by atomic mass is 32.2. The third kappa shape index (κ3) is 4.98. The summed E-state index contributed by atoms with van der Waals surface area (Å²) in [5.74, 6) is 0.386. The number of nitrogens with one attached hydrogen (secondary N) is 3. The molecular weight excluding hydrogens is 405 g/mol. The standard InChI is InChI=1S/C21H26FN5O2S/c1-23-21(24-11-10-16-14-25-20-12-17(22)6-9-19(16)20)26-13-15-4-7-18(8-5-15)30(28,29)27(2)3/h4-9,12,14,25H,10-11,13H2,1-3H3,(H2,23,24,26). The lowest BCUT2D eigenvalue weighted by molar-refractivity contribution is 0.520. The first-order valence-corrected chi connectivity index (χ1v) is 11.0. The molecule has 30 heavy (non-hydrogen) atoms. The second-order valence-electron chi connectivity index (χ2n) is 7.04. The van der Waals surface area contributed by atoms with Gasteiger partial charge >= 0.3 is 0 Å². The number of hydrogen-bond acceptors (Lipinski definition) is 3. The van der Waals surface area contributed by atoms with Gasteiger partial charge in [0.2, 0.25) is 10.0 Å². The minimum atomic E-state index is -3.43. The van der Waals surface area contributed by atoms with Crippen LogP contribution < -0.4 is 10.6 Å². The largest absolute Gasteiger partial charge is 0.361 e. The molecule has 3 N–H and O–H groups in total. The van der Waals surface area contributed by atoms with Crippen molar-refractivity contribution in [3.8, 4) is 0 Å². The van der Waals surface area contributed by atoms with Gasteiger partial charge in [-0.1, -0.05) is 12.1 Å². The Kier molecular flexibility index (Phi) is 6.73. The smallest absolute Gasteiger partial charge is 0.242 e. The molecule has 0 fully saturated rings. The van der Waals surface area contributed by atoms with E-state index in [4.69, 9.17) is 0 Å². The summed E-state index contributed by atoms with van der Waals surface area (Å²) in [6, 6.07) is 11.5. The molecule has 0 aliphatic rings. The van der Waals surface area contributed by atoms with Crippen molar-refractivity contribution in [2.75, 3.05) is 27.7 Å². The molecule has 0 amide bonds. The summed E-state index contributed by atoms with van der Waals surface area (Å²) in [6.07, 6.45) is 2.65. The minimum Gasteiger partial charge on any atom is -0.361 e. The van der Waals surface area contributed by atoms with Crippen LogP contribution in [0.3, 0.4) is 0 Å². The molecule has 3 rings (SSSR count). The lowest BCUT2D eigenvalue weighted by Gasteiger charge is -2.13. The average molecular weight is 432 g/mol. The zero-order valence-electron chi connectivity index (χ0n) is 17.2. The van der Waals surface area contributed by atoms with Gasteiger partial charge in [-0.2, -0.15) is 0 Å². The topological polar surface area (TPSA) is 89.6 Å². The highest BCUT2D eigenvalue weighted by molar-refractivity contribution is 7.89. The van der Waals surface area contributed by atoms with Crippen LogP contribution in [0.4, 0.5) is 4.39 Å². The molecule has 0 bridgehead atoms. The van der Waals surface area contributed by atoms with Gasteiger partial charge in [-0.15, -0.1) is 0 Å². The molecule has 1 aromatic heterocycles. The maximum atomic E-state index is 13.3. The van der Waals surface area contributed by atoms with Crippen molar-refractivity contribution < 1.29 is 12.8 Å². The molecule has 0 unspecified atom stereocenters. The zero-order valence-corrected chi connectivity index (χ0v) is 18.1. The fourth-order valence-corrected chi connectivity index (χ4v) is 3.98. The molecule has 0 atom stereocenters. The van der Waals surface area contributed by atoms with Crippen LogP contribution in [0.2, 0.25) is 0 Å². The van der Waals surface area contributed by atoms with Gasteiger partial charge in [0.15, 0.2) is 5.96 Å². The lowest BCUT2D eigenvalue weighted by Crippen LogP contribution is -2.37. The number of aromatic amines is 1. The van der Waals surface area contributed by atoms with Gasteiger partial charge in [0.05, 0.1) is 4.90 Å². The Balaban J connectivity index is 1.52. The monoisotopic (exact) mass is 431 g/mol. The number of guanidine groups is 1. The third-order valence-corrected chi connectivity index (χ3v) is 6.63. The number of nitrogens with zero attached hydrogens (tertiary/aromatic N) is 2. The number of benzene rings is 2. The molecule has 9 heteroatoms.